The topological polar surface area (TPSA) is 42.0 Å². The van der Waals surface area contributed by atoms with Crippen LogP contribution in [0, 0.1) is 0 Å². The number of hydrogen-bond donors (Lipinski definition) is 0. The number of rotatable bonds is 2. The summed E-state index contributed by atoms with van der Waals surface area (Å²) in [4.78, 5) is 15.9. The third kappa shape index (κ3) is 4.91. The van der Waals surface area contributed by atoms with E-state index in [1.54, 1.807) is 4.90 Å². The van der Waals surface area contributed by atoms with Gasteiger partial charge < -0.3 is 14.4 Å². The van der Waals surface area contributed by atoms with Gasteiger partial charge in [-0.15, -0.1) is 0 Å². The Morgan fingerprint density at radius 1 is 1.47 bits per heavy atom. The number of carbonyl (C=O) groups excluding carboxylic acids is 1. The molecule has 5 nitrogen and oxygen atoms in total. The first kappa shape index (κ1) is 14.3. The molecule has 1 saturated heterocycles. The maximum absolute atomic E-state index is 12.0. The second-order valence-corrected chi connectivity index (χ2v) is 5.66. The fourth-order valence-corrected chi connectivity index (χ4v) is 1.79. The van der Waals surface area contributed by atoms with Gasteiger partial charge in [-0.05, 0) is 34.9 Å². The average Bonchev–Trinajstić information content (AvgIpc) is 2.14. The molecule has 0 unspecified atom stereocenters. The zero-order valence-electron chi connectivity index (χ0n) is 11.5. The van der Waals surface area contributed by atoms with Crippen LogP contribution in [-0.2, 0) is 9.47 Å². The van der Waals surface area contributed by atoms with E-state index in [1.807, 2.05) is 34.9 Å². The Kier molecular flexibility index (Phi) is 4.77. The van der Waals surface area contributed by atoms with Crippen LogP contribution in [-0.4, -0.2) is 67.9 Å². The molecule has 5 heteroatoms. The molecule has 0 spiro atoms. The number of amides is 1. The Hall–Kier alpha value is -0.810. The molecule has 17 heavy (non-hydrogen) atoms. The SMILES string of the molecule is CN(C)C[C@H]1COCCN1C(=O)OC(C)(C)C. The average molecular weight is 244 g/mol. The molecule has 0 aromatic heterocycles. The van der Waals surface area contributed by atoms with Crippen molar-refractivity contribution in [3.8, 4) is 0 Å². The van der Waals surface area contributed by atoms with E-state index in [9.17, 15) is 4.79 Å². The Morgan fingerprint density at radius 3 is 2.65 bits per heavy atom. The van der Waals surface area contributed by atoms with Crippen molar-refractivity contribution in [2.45, 2.75) is 32.4 Å². The van der Waals surface area contributed by atoms with Crippen molar-refractivity contribution < 1.29 is 14.3 Å². The van der Waals surface area contributed by atoms with Crippen LogP contribution in [0.1, 0.15) is 20.8 Å². The monoisotopic (exact) mass is 244 g/mol. The van der Waals surface area contributed by atoms with Crippen LogP contribution in [0.5, 0.6) is 0 Å². The van der Waals surface area contributed by atoms with Crippen LogP contribution in [0.4, 0.5) is 4.79 Å². The molecule has 0 bridgehead atoms. The summed E-state index contributed by atoms with van der Waals surface area (Å²) < 4.78 is 10.8. The highest BCUT2D eigenvalue weighted by molar-refractivity contribution is 5.68. The molecule has 1 rings (SSSR count). The predicted octanol–water partition coefficient (Wildman–Crippen LogP) is 1.18. The lowest BCUT2D eigenvalue weighted by Gasteiger charge is -2.37. The zero-order chi connectivity index (χ0) is 13.1. The van der Waals surface area contributed by atoms with E-state index < -0.39 is 5.60 Å². The summed E-state index contributed by atoms with van der Waals surface area (Å²) in [7, 11) is 3.98. The van der Waals surface area contributed by atoms with Crippen molar-refractivity contribution in [2.24, 2.45) is 0 Å². The van der Waals surface area contributed by atoms with Crippen LogP contribution in [0.15, 0.2) is 0 Å². The van der Waals surface area contributed by atoms with Gasteiger partial charge in [0.2, 0.25) is 0 Å². The van der Waals surface area contributed by atoms with Gasteiger partial charge in [0.05, 0.1) is 19.3 Å². The molecule has 0 aromatic carbocycles. The van der Waals surface area contributed by atoms with Gasteiger partial charge in [-0.25, -0.2) is 4.79 Å². The molecule has 1 fully saturated rings. The Morgan fingerprint density at radius 2 is 2.12 bits per heavy atom. The fourth-order valence-electron chi connectivity index (χ4n) is 1.79. The van der Waals surface area contributed by atoms with Gasteiger partial charge in [0.1, 0.15) is 5.60 Å². The van der Waals surface area contributed by atoms with Gasteiger partial charge in [-0.2, -0.15) is 0 Å². The first-order valence-electron chi connectivity index (χ1n) is 6.01. The summed E-state index contributed by atoms with van der Waals surface area (Å²) in [5.74, 6) is 0. The summed E-state index contributed by atoms with van der Waals surface area (Å²) in [6.07, 6.45) is -0.243. The first-order chi connectivity index (χ1) is 7.79. The van der Waals surface area contributed by atoms with Crippen LogP contribution >= 0.6 is 0 Å². The number of carbonyl (C=O) groups is 1. The van der Waals surface area contributed by atoms with Crippen molar-refractivity contribution in [2.75, 3.05) is 40.4 Å². The van der Waals surface area contributed by atoms with Gasteiger partial charge in [-0.3, -0.25) is 4.90 Å². The second kappa shape index (κ2) is 5.69. The van der Waals surface area contributed by atoms with Gasteiger partial charge in [0.25, 0.3) is 0 Å². The van der Waals surface area contributed by atoms with E-state index in [1.165, 1.54) is 0 Å². The Labute approximate surface area is 104 Å². The fraction of sp³-hybridized carbons (Fsp3) is 0.917. The van der Waals surface area contributed by atoms with Crippen LogP contribution in [0.3, 0.4) is 0 Å². The van der Waals surface area contributed by atoms with E-state index in [-0.39, 0.29) is 12.1 Å². The predicted molar refractivity (Wildman–Crippen MR) is 66.1 cm³/mol. The third-order valence-electron chi connectivity index (χ3n) is 2.43. The van der Waals surface area contributed by atoms with Crippen molar-refractivity contribution in [3.63, 3.8) is 0 Å². The summed E-state index contributed by atoms with van der Waals surface area (Å²) in [5, 5.41) is 0. The van der Waals surface area contributed by atoms with Crippen molar-refractivity contribution in [3.05, 3.63) is 0 Å². The largest absolute Gasteiger partial charge is 0.444 e. The summed E-state index contributed by atoms with van der Waals surface area (Å²) >= 11 is 0. The summed E-state index contributed by atoms with van der Waals surface area (Å²) in [6.45, 7) is 8.21. The van der Waals surface area contributed by atoms with E-state index >= 15 is 0 Å². The van der Waals surface area contributed by atoms with Gasteiger partial charge in [0.15, 0.2) is 0 Å². The number of ether oxygens (including phenoxy) is 2. The van der Waals surface area contributed by atoms with E-state index in [2.05, 4.69) is 4.90 Å². The lowest BCUT2D eigenvalue weighted by Crippen LogP contribution is -2.53. The highest BCUT2D eigenvalue weighted by Crippen LogP contribution is 2.14. The minimum Gasteiger partial charge on any atom is -0.444 e. The standard InChI is InChI=1S/C12H24N2O3/c1-12(2,3)17-11(15)14-6-7-16-9-10(14)8-13(4)5/h10H,6-9H2,1-5H3/t10-/m0/s1. The highest BCUT2D eigenvalue weighted by atomic mass is 16.6. The number of nitrogens with zero attached hydrogens (tertiary/aromatic N) is 2. The van der Waals surface area contributed by atoms with E-state index in [4.69, 9.17) is 9.47 Å². The Balaban J connectivity index is 2.61. The molecular weight excluding hydrogens is 220 g/mol. The minimum atomic E-state index is -0.446. The molecule has 0 aliphatic carbocycles. The van der Waals surface area contributed by atoms with Crippen LogP contribution < -0.4 is 0 Å². The number of morpholine rings is 1. The normalized spacial score (nSPS) is 21.8. The van der Waals surface area contributed by atoms with Gasteiger partial charge >= 0.3 is 6.09 Å². The first-order valence-corrected chi connectivity index (χ1v) is 6.01. The molecule has 1 aliphatic heterocycles. The van der Waals surface area contributed by atoms with Crippen molar-refractivity contribution >= 4 is 6.09 Å². The summed E-state index contributed by atoms with van der Waals surface area (Å²) in [6, 6.07) is 0.0774. The molecule has 1 amide bonds. The second-order valence-electron chi connectivity index (χ2n) is 5.66. The maximum atomic E-state index is 12.0. The molecule has 100 valence electrons. The number of hydrogen-bond acceptors (Lipinski definition) is 4. The van der Waals surface area contributed by atoms with Crippen molar-refractivity contribution in [1.82, 2.24) is 9.80 Å². The third-order valence-corrected chi connectivity index (χ3v) is 2.43. The lowest BCUT2D eigenvalue weighted by atomic mass is 10.2. The molecule has 0 N–H and O–H groups in total. The highest BCUT2D eigenvalue weighted by Gasteiger charge is 2.31. The summed E-state index contributed by atoms with van der Waals surface area (Å²) in [5.41, 5.74) is -0.446. The van der Waals surface area contributed by atoms with E-state index in [0.29, 0.717) is 19.8 Å². The molecule has 1 aliphatic rings. The molecule has 0 radical (unpaired) electrons. The molecular formula is C12H24N2O3. The van der Waals surface area contributed by atoms with Crippen LogP contribution in [0.2, 0.25) is 0 Å². The molecule has 0 saturated carbocycles. The van der Waals surface area contributed by atoms with Gasteiger partial charge in [-0.1, -0.05) is 0 Å². The number of likely N-dealkylation sites (N-methyl/N-ethyl adjacent to an activating group) is 1. The maximum Gasteiger partial charge on any atom is 0.410 e. The molecule has 0 aromatic rings. The molecule has 1 heterocycles. The zero-order valence-corrected chi connectivity index (χ0v) is 11.5. The van der Waals surface area contributed by atoms with E-state index in [0.717, 1.165) is 6.54 Å². The quantitative estimate of drug-likeness (QED) is 0.731. The lowest BCUT2D eigenvalue weighted by molar-refractivity contribution is -0.0367. The van der Waals surface area contributed by atoms with Crippen LogP contribution in [0.25, 0.3) is 0 Å². The van der Waals surface area contributed by atoms with Gasteiger partial charge in [0, 0.05) is 13.1 Å². The smallest absolute Gasteiger partial charge is 0.410 e. The van der Waals surface area contributed by atoms with Crippen molar-refractivity contribution in [1.29, 1.82) is 0 Å². The Bertz CT molecular complexity index is 261. The molecule has 1 atom stereocenters. The minimum absolute atomic E-state index is 0.0774.